The number of benzene rings is 3. The average molecular weight is 480 g/mol. The van der Waals surface area contributed by atoms with Gasteiger partial charge in [0.05, 0.1) is 31.3 Å². The molecule has 0 radical (unpaired) electrons. The van der Waals surface area contributed by atoms with E-state index in [2.05, 4.69) is 0 Å². The van der Waals surface area contributed by atoms with Crippen molar-refractivity contribution in [2.24, 2.45) is 0 Å². The van der Waals surface area contributed by atoms with E-state index in [4.69, 9.17) is 21.1 Å². The number of rotatable bonds is 6. The number of aliphatic hydroxyl groups is 1. The van der Waals surface area contributed by atoms with Gasteiger partial charge in [-0.1, -0.05) is 35.9 Å². The van der Waals surface area contributed by atoms with Crippen molar-refractivity contribution in [2.75, 3.05) is 12.0 Å². The Bertz CT molecular complexity index is 1180. The summed E-state index contributed by atoms with van der Waals surface area (Å²) in [5.74, 6) is 1.23. The van der Waals surface area contributed by atoms with Gasteiger partial charge in [0.1, 0.15) is 0 Å². The minimum absolute atomic E-state index is 0.0250. The topological polar surface area (TPSA) is 59.0 Å². The molecule has 1 amide bonds. The van der Waals surface area contributed by atoms with E-state index in [-0.39, 0.29) is 24.5 Å². The number of carbonyl (C=O) groups excluding carboxylic acids is 1. The van der Waals surface area contributed by atoms with E-state index >= 15 is 0 Å². The Morgan fingerprint density at radius 1 is 1.03 bits per heavy atom. The van der Waals surface area contributed by atoms with Crippen LogP contribution in [0.5, 0.6) is 11.5 Å². The number of methoxy groups -OCH3 is 1. The molecule has 0 bridgehead atoms. The lowest BCUT2D eigenvalue weighted by molar-refractivity contribution is -0.118. The van der Waals surface area contributed by atoms with Crippen LogP contribution >= 0.6 is 11.6 Å². The largest absolute Gasteiger partial charge is 0.493 e. The van der Waals surface area contributed by atoms with Crippen LogP contribution in [0.2, 0.25) is 5.02 Å². The molecule has 0 aliphatic carbocycles. The first-order valence-corrected chi connectivity index (χ1v) is 11.7. The minimum atomic E-state index is -0.966. The molecule has 3 aromatic carbocycles. The molecule has 1 heterocycles. The summed E-state index contributed by atoms with van der Waals surface area (Å²) in [6.45, 7) is 7.42. The second-order valence-corrected chi connectivity index (χ2v) is 9.81. The van der Waals surface area contributed by atoms with Crippen LogP contribution in [0.1, 0.15) is 56.0 Å². The Morgan fingerprint density at radius 3 is 2.24 bits per heavy atom. The first-order chi connectivity index (χ1) is 16.1. The van der Waals surface area contributed by atoms with Gasteiger partial charge in [-0.3, -0.25) is 4.79 Å². The van der Waals surface area contributed by atoms with Crippen molar-refractivity contribution in [3.63, 3.8) is 0 Å². The number of hydrogen-bond donors (Lipinski definition) is 1. The fourth-order valence-corrected chi connectivity index (χ4v) is 4.48. The number of nitrogens with zero attached hydrogens (tertiary/aromatic N) is 1. The standard InChI is InChI=1S/C28H30ClNO4/c1-17(2)34-25-16-23-19(14-24(25)33-5)15-26(31)30(27(23)18-6-10-21(29)11-7-18)22-12-8-20(9-13-22)28(3,4)32/h6-14,16-17,27,32H,15H2,1-5H3/t27-/m0/s1. The van der Waals surface area contributed by atoms with Gasteiger partial charge in [-0.2, -0.15) is 0 Å². The lowest BCUT2D eigenvalue weighted by atomic mass is 9.86. The highest BCUT2D eigenvalue weighted by Gasteiger charge is 2.36. The smallest absolute Gasteiger partial charge is 0.232 e. The SMILES string of the molecule is COc1cc2c(cc1OC(C)C)[C@H](c1ccc(Cl)cc1)N(c1ccc(C(C)(C)O)cc1)C(=O)C2. The molecule has 0 fully saturated rings. The van der Waals surface area contributed by atoms with Gasteiger partial charge in [-0.15, -0.1) is 0 Å². The maximum Gasteiger partial charge on any atom is 0.232 e. The Morgan fingerprint density at radius 2 is 1.68 bits per heavy atom. The number of ether oxygens (including phenoxy) is 2. The molecule has 1 atom stereocenters. The molecule has 4 rings (SSSR count). The molecule has 0 saturated heterocycles. The van der Waals surface area contributed by atoms with Crippen molar-refractivity contribution < 1.29 is 19.4 Å². The lowest BCUT2D eigenvalue weighted by Crippen LogP contribution is -2.41. The number of fused-ring (bicyclic) bond motifs is 1. The van der Waals surface area contributed by atoms with E-state index in [1.807, 2.05) is 79.4 Å². The van der Waals surface area contributed by atoms with Crippen molar-refractivity contribution in [3.8, 4) is 11.5 Å². The summed E-state index contributed by atoms with van der Waals surface area (Å²) in [4.78, 5) is 15.3. The Labute approximate surface area is 205 Å². The predicted octanol–water partition coefficient (Wildman–Crippen LogP) is 6.04. The fourth-order valence-electron chi connectivity index (χ4n) is 4.36. The van der Waals surface area contributed by atoms with E-state index in [1.165, 1.54) is 0 Å². The van der Waals surface area contributed by atoms with Crippen LogP contribution in [0.4, 0.5) is 5.69 Å². The molecule has 5 nitrogen and oxygen atoms in total. The summed E-state index contributed by atoms with van der Waals surface area (Å²) in [5.41, 5.74) is 3.39. The summed E-state index contributed by atoms with van der Waals surface area (Å²) in [6, 6.07) is 18.6. The Hall–Kier alpha value is -3.02. The van der Waals surface area contributed by atoms with Crippen LogP contribution in [0.15, 0.2) is 60.7 Å². The van der Waals surface area contributed by atoms with Crippen LogP contribution in [0.3, 0.4) is 0 Å². The molecule has 0 saturated carbocycles. The van der Waals surface area contributed by atoms with Gasteiger partial charge in [0.2, 0.25) is 5.91 Å². The van der Waals surface area contributed by atoms with Crippen molar-refractivity contribution in [3.05, 3.63) is 87.9 Å². The van der Waals surface area contributed by atoms with Crippen molar-refractivity contribution in [2.45, 2.75) is 51.9 Å². The maximum atomic E-state index is 13.5. The zero-order valence-electron chi connectivity index (χ0n) is 20.1. The van der Waals surface area contributed by atoms with Gasteiger partial charge in [0, 0.05) is 10.7 Å². The number of anilines is 1. The third kappa shape index (κ3) is 4.77. The molecule has 178 valence electrons. The van der Waals surface area contributed by atoms with Crippen LogP contribution in [0, 0.1) is 0 Å². The molecular weight excluding hydrogens is 450 g/mol. The van der Waals surface area contributed by atoms with E-state index in [0.717, 1.165) is 27.9 Å². The monoisotopic (exact) mass is 479 g/mol. The van der Waals surface area contributed by atoms with Gasteiger partial charge in [-0.25, -0.2) is 0 Å². The van der Waals surface area contributed by atoms with Crippen molar-refractivity contribution >= 4 is 23.2 Å². The van der Waals surface area contributed by atoms with Crippen LogP contribution < -0.4 is 14.4 Å². The molecule has 3 aromatic rings. The highest BCUT2D eigenvalue weighted by atomic mass is 35.5. The molecule has 1 N–H and O–H groups in total. The molecule has 1 aliphatic rings. The van der Waals surface area contributed by atoms with Gasteiger partial charge < -0.3 is 19.5 Å². The Kier molecular flexibility index (Phi) is 6.61. The van der Waals surface area contributed by atoms with Crippen molar-refractivity contribution in [1.29, 1.82) is 0 Å². The molecule has 0 aromatic heterocycles. The zero-order valence-corrected chi connectivity index (χ0v) is 20.9. The summed E-state index contributed by atoms with van der Waals surface area (Å²) >= 11 is 6.17. The predicted molar refractivity (Wildman–Crippen MR) is 135 cm³/mol. The fraction of sp³-hybridized carbons (Fsp3) is 0.321. The average Bonchev–Trinajstić information content (AvgIpc) is 2.78. The molecule has 0 spiro atoms. The lowest BCUT2D eigenvalue weighted by Gasteiger charge is -2.38. The summed E-state index contributed by atoms with van der Waals surface area (Å²) in [7, 11) is 1.60. The molecular formula is C28H30ClNO4. The van der Waals surface area contributed by atoms with Crippen LogP contribution in [-0.2, 0) is 16.8 Å². The normalized spacial score (nSPS) is 15.9. The van der Waals surface area contributed by atoms with Gasteiger partial charge >= 0.3 is 0 Å². The number of amides is 1. The quantitative estimate of drug-likeness (QED) is 0.468. The van der Waals surface area contributed by atoms with E-state index in [1.54, 1.807) is 21.0 Å². The number of carbonyl (C=O) groups is 1. The van der Waals surface area contributed by atoms with E-state index in [9.17, 15) is 9.90 Å². The second-order valence-electron chi connectivity index (χ2n) is 9.37. The van der Waals surface area contributed by atoms with Gasteiger partial charge in [-0.05, 0) is 86.3 Å². The molecule has 0 unspecified atom stereocenters. The zero-order chi connectivity index (χ0) is 24.6. The molecule has 1 aliphatic heterocycles. The van der Waals surface area contributed by atoms with Gasteiger partial charge in [0.25, 0.3) is 0 Å². The summed E-state index contributed by atoms with van der Waals surface area (Å²) in [5, 5.41) is 11.0. The highest BCUT2D eigenvalue weighted by molar-refractivity contribution is 6.30. The number of hydrogen-bond acceptors (Lipinski definition) is 4. The molecule has 34 heavy (non-hydrogen) atoms. The van der Waals surface area contributed by atoms with Crippen LogP contribution in [-0.4, -0.2) is 24.2 Å². The minimum Gasteiger partial charge on any atom is -0.493 e. The summed E-state index contributed by atoms with van der Waals surface area (Å²) < 4.78 is 11.6. The van der Waals surface area contributed by atoms with Crippen LogP contribution in [0.25, 0.3) is 0 Å². The van der Waals surface area contributed by atoms with Crippen molar-refractivity contribution in [1.82, 2.24) is 0 Å². The first kappa shape index (κ1) is 24.1. The van der Waals surface area contributed by atoms with Gasteiger partial charge in [0.15, 0.2) is 11.5 Å². The second kappa shape index (κ2) is 9.32. The Balaban J connectivity index is 1.89. The van der Waals surface area contributed by atoms with E-state index in [0.29, 0.717) is 16.5 Å². The maximum absolute atomic E-state index is 13.5. The third-order valence-electron chi connectivity index (χ3n) is 5.99. The number of halogens is 1. The highest BCUT2D eigenvalue weighted by Crippen LogP contribution is 2.44. The first-order valence-electron chi connectivity index (χ1n) is 11.4. The molecule has 6 heteroatoms. The van der Waals surface area contributed by atoms with E-state index < -0.39 is 5.60 Å². The third-order valence-corrected chi connectivity index (χ3v) is 6.24. The summed E-state index contributed by atoms with van der Waals surface area (Å²) in [6.07, 6.45) is 0.210.